The summed E-state index contributed by atoms with van der Waals surface area (Å²) in [5, 5.41) is 16.2. The average Bonchev–Trinajstić information content (AvgIpc) is 4.06. The summed E-state index contributed by atoms with van der Waals surface area (Å²) in [6.45, 7) is 9.37. The van der Waals surface area contributed by atoms with Crippen LogP contribution in [0.5, 0.6) is 0 Å². The van der Waals surface area contributed by atoms with Crippen LogP contribution in [-0.2, 0) is 12.8 Å². The van der Waals surface area contributed by atoms with Gasteiger partial charge in [0.1, 0.15) is 0 Å². The first kappa shape index (κ1) is 39.8. The van der Waals surface area contributed by atoms with Crippen molar-refractivity contribution < 1.29 is 0 Å². The van der Waals surface area contributed by atoms with Crippen LogP contribution in [0, 0.1) is 27.7 Å². The van der Waals surface area contributed by atoms with E-state index in [0.717, 1.165) is 51.9 Å². The predicted octanol–water partition coefficient (Wildman–Crippen LogP) is 15.6. The Kier molecular flexibility index (Phi) is 9.25. The van der Waals surface area contributed by atoms with Crippen LogP contribution < -0.4 is 0 Å². The van der Waals surface area contributed by atoms with Crippen LogP contribution in [0.1, 0.15) is 44.5 Å². The van der Waals surface area contributed by atoms with Crippen molar-refractivity contribution in [2.24, 2.45) is 0 Å². The van der Waals surface area contributed by atoms with E-state index in [4.69, 9.17) is 5.10 Å². The molecule has 0 unspecified atom stereocenters. The molecular formula is C63H45N3Se. The van der Waals surface area contributed by atoms with Crippen LogP contribution in [0.15, 0.2) is 176 Å². The molecule has 0 aliphatic heterocycles. The SMILES string of the molecule is Cc1cc2c(c(-c3cc4[se]c5ccccc5c4c(-c4ccc(-c5ccccc5)c(-c5ccccc5)c4-c4ccnnn4)c3-c3c(C)c(C)cc4c3Cc3ccccc3-4)c1C)Cc1ccccc1-2. The fourth-order valence-electron chi connectivity index (χ4n) is 11.6. The van der Waals surface area contributed by atoms with Gasteiger partial charge in [-0.3, -0.25) is 0 Å². The quantitative estimate of drug-likeness (QED) is 0.156. The third-order valence-electron chi connectivity index (χ3n) is 14.8. The number of fused-ring (bicyclic) bond motifs is 9. The zero-order chi connectivity index (χ0) is 44.9. The summed E-state index contributed by atoms with van der Waals surface area (Å²) in [7, 11) is 0. The van der Waals surface area contributed by atoms with E-state index in [1.807, 2.05) is 0 Å². The number of hydrogen-bond donors (Lipinski definition) is 0. The molecule has 0 atom stereocenters. The number of aryl methyl sites for hydroxylation is 2. The van der Waals surface area contributed by atoms with E-state index in [2.05, 4.69) is 208 Å². The van der Waals surface area contributed by atoms with Crippen molar-refractivity contribution in [1.29, 1.82) is 0 Å². The molecule has 9 aromatic carbocycles. The van der Waals surface area contributed by atoms with Crippen molar-refractivity contribution in [2.45, 2.75) is 40.5 Å². The standard InChI is InChI=1S/C63H45N3Se/c1-36-31-49-44-23-13-11-21-42(44)33-51(49)57(38(36)3)53-35-56-61(47-25-15-16-26-55(47)67-56)62(63(53)58-39(4)37(2)32-50-45-24-14-12-22-43(45)34-52(50)58)48-28-27-46(40-17-7-5-8-18-40)59(41-19-9-6-10-20-41)60(48)54-29-30-64-66-65-54/h5-32,35H,33-34H2,1-4H3. The molecule has 0 spiro atoms. The molecule has 2 aromatic heterocycles. The molecule has 0 N–H and O–H groups in total. The van der Waals surface area contributed by atoms with Crippen LogP contribution in [0.3, 0.4) is 0 Å². The van der Waals surface area contributed by atoms with E-state index in [1.165, 1.54) is 114 Å². The third kappa shape index (κ3) is 6.14. The molecule has 0 saturated carbocycles. The second-order valence-electron chi connectivity index (χ2n) is 18.4. The molecule has 3 nitrogen and oxygen atoms in total. The van der Waals surface area contributed by atoms with Crippen LogP contribution in [0.2, 0.25) is 0 Å². The molecule has 318 valence electrons. The second-order valence-corrected chi connectivity index (χ2v) is 20.7. The second kappa shape index (κ2) is 15.6. The Bertz CT molecular complexity index is 3830. The molecule has 11 aromatic rings. The average molecular weight is 923 g/mol. The van der Waals surface area contributed by atoms with Gasteiger partial charge in [-0.2, -0.15) is 0 Å². The summed E-state index contributed by atoms with van der Waals surface area (Å²) in [4.78, 5) is 0. The number of benzene rings is 9. The Hall–Kier alpha value is -7.49. The maximum atomic E-state index is 4.93. The van der Waals surface area contributed by atoms with Crippen LogP contribution >= 0.6 is 0 Å². The summed E-state index contributed by atoms with van der Waals surface area (Å²) < 4.78 is 2.83. The van der Waals surface area contributed by atoms with Crippen molar-refractivity contribution in [2.75, 3.05) is 0 Å². The maximum absolute atomic E-state index is 4.93. The Balaban J connectivity index is 1.28. The summed E-state index contributed by atoms with van der Waals surface area (Å²) >= 11 is 0.0700. The van der Waals surface area contributed by atoms with E-state index in [1.54, 1.807) is 6.20 Å². The van der Waals surface area contributed by atoms with Crippen LogP contribution in [0.4, 0.5) is 0 Å². The van der Waals surface area contributed by atoms with Gasteiger partial charge >= 0.3 is 399 Å². The number of nitrogens with zero attached hydrogens (tertiary/aromatic N) is 3. The molecule has 0 amide bonds. The minimum atomic E-state index is 0.0700. The molecule has 2 aliphatic rings. The summed E-state index contributed by atoms with van der Waals surface area (Å²) in [6, 6.07) is 63.4. The number of rotatable bonds is 6. The molecule has 2 aliphatic carbocycles. The van der Waals surface area contributed by atoms with Crippen molar-refractivity contribution in [1.82, 2.24) is 15.4 Å². The monoisotopic (exact) mass is 923 g/mol. The minimum absolute atomic E-state index is 0.0700. The van der Waals surface area contributed by atoms with Gasteiger partial charge < -0.3 is 0 Å². The number of hydrogen-bond acceptors (Lipinski definition) is 3. The van der Waals surface area contributed by atoms with Gasteiger partial charge in [0, 0.05) is 0 Å². The molecule has 4 heteroatoms. The summed E-state index contributed by atoms with van der Waals surface area (Å²) in [6.07, 6.45) is 3.57. The van der Waals surface area contributed by atoms with Crippen LogP contribution in [0.25, 0.3) is 108 Å². The molecular weight excluding hydrogens is 878 g/mol. The van der Waals surface area contributed by atoms with Gasteiger partial charge in [-0.1, -0.05) is 0 Å². The van der Waals surface area contributed by atoms with E-state index in [9.17, 15) is 0 Å². The number of aromatic nitrogens is 3. The molecule has 0 bridgehead atoms. The Morgan fingerprint density at radius 1 is 0.403 bits per heavy atom. The van der Waals surface area contributed by atoms with Gasteiger partial charge in [0.2, 0.25) is 0 Å². The van der Waals surface area contributed by atoms with Crippen molar-refractivity contribution in [3.63, 3.8) is 0 Å². The normalized spacial score (nSPS) is 12.4. The summed E-state index contributed by atoms with van der Waals surface area (Å²) in [5.74, 6) is 0. The fourth-order valence-corrected chi connectivity index (χ4v) is 14.0. The van der Waals surface area contributed by atoms with Gasteiger partial charge in [0.15, 0.2) is 0 Å². The van der Waals surface area contributed by atoms with Gasteiger partial charge in [-0.05, 0) is 0 Å². The molecule has 13 rings (SSSR count). The van der Waals surface area contributed by atoms with Crippen molar-refractivity contribution >= 4 is 33.8 Å². The van der Waals surface area contributed by atoms with Crippen molar-refractivity contribution in [3.8, 4) is 89.1 Å². The predicted molar refractivity (Wildman–Crippen MR) is 280 cm³/mol. The van der Waals surface area contributed by atoms with Gasteiger partial charge in [0.25, 0.3) is 0 Å². The first-order valence-corrected chi connectivity index (χ1v) is 25.0. The molecule has 0 radical (unpaired) electrons. The Morgan fingerprint density at radius 3 is 1.66 bits per heavy atom. The molecule has 0 saturated heterocycles. The van der Waals surface area contributed by atoms with Crippen LogP contribution in [-0.4, -0.2) is 29.9 Å². The van der Waals surface area contributed by atoms with Gasteiger partial charge in [-0.25, -0.2) is 0 Å². The Morgan fingerprint density at radius 2 is 0.985 bits per heavy atom. The zero-order valence-electron chi connectivity index (χ0n) is 37.9. The molecule has 0 fully saturated rings. The van der Waals surface area contributed by atoms with Gasteiger partial charge in [0.05, 0.1) is 0 Å². The van der Waals surface area contributed by atoms with E-state index in [-0.39, 0.29) is 14.5 Å². The van der Waals surface area contributed by atoms with E-state index < -0.39 is 0 Å². The van der Waals surface area contributed by atoms with Gasteiger partial charge in [-0.15, -0.1) is 0 Å². The molecule has 2 heterocycles. The zero-order valence-corrected chi connectivity index (χ0v) is 39.6. The van der Waals surface area contributed by atoms with Crippen molar-refractivity contribution in [3.05, 3.63) is 221 Å². The van der Waals surface area contributed by atoms with E-state index >= 15 is 0 Å². The Labute approximate surface area is 397 Å². The molecule has 67 heavy (non-hydrogen) atoms. The summed E-state index contributed by atoms with van der Waals surface area (Å²) in [5.41, 5.74) is 30.5. The topological polar surface area (TPSA) is 38.7 Å². The first-order chi connectivity index (χ1) is 32.9. The first-order valence-electron chi connectivity index (χ1n) is 23.3. The van der Waals surface area contributed by atoms with E-state index in [0.29, 0.717) is 0 Å². The third-order valence-corrected chi connectivity index (χ3v) is 17.2. The fraction of sp³-hybridized carbons (Fsp3) is 0.0952.